The van der Waals surface area contributed by atoms with Gasteiger partial charge >= 0.3 is 0 Å². The minimum Gasteiger partial charge on any atom is -0.496 e. The van der Waals surface area contributed by atoms with Gasteiger partial charge in [-0.3, -0.25) is 4.79 Å². The summed E-state index contributed by atoms with van der Waals surface area (Å²) in [5.74, 6) is 1.49. The number of nitrogens with zero attached hydrogens (tertiary/aromatic N) is 2. The van der Waals surface area contributed by atoms with Crippen molar-refractivity contribution in [3.63, 3.8) is 0 Å². The molecule has 2 heterocycles. The highest BCUT2D eigenvalue weighted by Crippen LogP contribution is 2.40. The van der Waals surface area contributed by atoms with Crippen molar-refractivity contribution in [1.82, 2.24) is 15.3 Å². The molecule has 6 nitrogen and oxygen atoms in total. The topological polar surface area (TPSA) is 76.1 Å². The van der Waals surface area contributed by atoms with Crippen molar-refractivity contribution in [3.8, 4) is 16.9 Å². The van der Waals surface area contributed by atoms with E-state index in [0.717, 1.165) is 38.5 Å². The van der Waals surface area contributed by atoms with E-state index in [1.165, 1.54) is 4.88 Å². The zero-order chi connectivity index (χ0) is 21.6. The summed E-state index contributed by atoms with van der Waals surface area (Å²) in [6.45, 7) is 3.01. The number of fused-ring (bicyclic) bond motifs is 1. The Balaban J connectivity index is 1.43. The number of rotatable bonds is 8. The average molecular weight is 433 g/mol. The molecule has 0 spiro atoms. The monoisotopic (exact) mass is 432 g/mol. The van der Waals surface area contributed by atoms with E-state index in [4.69, 9.17) is 4.74 Å². The first-order chi connectivity index (χ1) is 15.2. The van der Waals surface area contributed by atoms with E-state index in [9.17, 15) is 4.79 Å². The summed E-state index contributed by atoms with van der Waals surface area (Å²) in [5, 5.41) is 7.29. The number of thiophene rings is 1. The molecule has 1 amide bonds. The van der Waals surface area contributed by atoms with E-state index in [1.807, 2.05) is 42.5 Å². The molecule has 7 heteroatoms. The van der Waals surface area contributed by atoms with E-state index in [0.29, 0.717) is 19.5 Å². The molecule has 31 heavy (non-hydrogen) atoms. The molecule has 2 N–H and O–H groups in total. The van der Waals surface area contributed by atoms with Crippen molar-refractivity contribution >= 4 is 33.3 Å². The van der Waals surface area contributed by atoms with Crippen LogP contribution in [0.3, 0.4) is 0 Å². The molecule has 0 aliphatic carbocycles. The second kappa shape index (κ2) is 9.57. The molecule has 0 atom stereocenters. The van der Waals surface area contributed by atoms with Gasteiger partial charge in [-0.2, -0.15) is 0 Å². The fraction of sp³-hybridized carbons (Fsp3) is 0.208. The Kier molecular flexibility index (Phi) is 6.43. The summed E-state index contributed by atoms with van der Waals surface area (Å²) in [7, 11) is 1.63. The van der Waals surface area contributed by atoms with Crippen molar-refractivity contribution in [2.75, 3.05) is 19.0 Å². The van der Waals surface area contributed by atoms with Gasteiger partial charge in [0, 0.05) is 35.5 Å². The molecule has 0 saturated carbocycles. The van der Waals surface area contributed by atoms with Gasteiger partial charge in [-0.05, 0) is 18.6 Å². The quantitative estimate of drug-likeness (QED) is 0.419. The van der Waals surface area contributed by atoms with E-state index < -0.39 is 0 Å². The zero-order valence-corrected chi connectivity index (χ0v) is 18.3. The summed E-state index contributed by atoms with van der Waals surface area (Å²) >= 11 is 1.65. The number of anilines is 1. The third kappa shape index (κ3) is 4.67. The maximum Gasteiger partial charge on any atom is 0.222 e. The molecule has 4 aromatic rings. The van der Waals surface area contributed by atoms with Crippen molar-refractivity contribution in [1.29, 1.82) is 0 Å². The van der Waals surface area contributed by atoms with Crippen molar-refractivity contribution in [3.05, 3.63) is 71.4 Å². The molecule has 0 unspecified atom stereocenters. The van der Waals surface area contributed by atoms with E-state index >= 15 is 0 Å². The van der Waals surface area contributed by atoms with Crippen LogP contribution in [0.25, 0.3) is 21.3 Å². The number of carbonyl (C=O) groups excluding carboxylic acids is 1. The first kappa shape index (κ1) is 20.8. The molecule has 0 fully saturated rings. The Morgan fingerprint density at radius 1 is 1.06 bits per heavy atom. The van der Waals surface area contributed by atoms with E-state index in [2.05, 4.69) is 39.7 Å². The minimum atomic E-state index is -0.0338. The molecular weight excluding hydrogens is 408 g/mol. The standard InChI is InChI=1S/C24H24N4O2S/c1-16-21(17-8-4-3-5-9-17)22-23(27-15-28-24(22)31-16)25-13-12-20(29)26-14-18-10-6-7-11-19(18)30-2/h3-11,15H,12-14H2,1-2H3,(H,26,29)(H,25,27,28). The number of benzene rings is 2. The zero-order valence-electron chi connectivity index (χ0n) is 17.5. The second-order valence-corrected chi connectivity index (χ2v) is 8.27. The van der Waals surface area contributed by atoms with Crippen molar-refractivity contribution in [2.45, 2.75) is 19.9 Å². The van der Waals surface area contributed by atoms with Gasteiger partial charge in [0.25, 0.3) is 0 Å². The molecule has 4 rings (SSSR count). The van der Waals surface area contributed by atoms with Crippen LogP contribution in [0.2, 0.25) is 0 Å². The summed E-state index contributed by atoms with van der Waals surface area (Å²) in [6.07, 6.45) is 1.90. The van der Waals surface area contributed by atoms with Crippen LogP contribution in [0.5, 0.6) is 5.75 Å². The maximum atomic E-state index is 12.3. The van der Waals surface area contributed by atoms with Crippen LogP contribution in [0, 0.1) is 6.92 Å². The van der Waals surface area contributed by atoms with Gasteiger partial charge in [0.1, 0.15) is 22.7 Å². The first-order valence-electron chi connectivity index (χ1n) is 10.1. The molecule has 0 saturated heterocycles. The van der Waals surface area contributed by atoms with Crippen LogP contribution in [0.4, 0.5) is 5.82 Å². The number of methoxy groups -OCH3 is 1. The first-order valence-corrected chi connectivity index (χ1v) is 10.9. The Morgan fingerprint density at radius 3 is 2.65 bits per heavy atom. The molecule has 0 aliphatic rings. The summed E-state index contributed by atoms with van der Waals surface area (Å²) in [6, 6.07) is 17.9. The van der Waals surface area contributed by atoms with Crippen LogP contribution in [-0.2, 0) is 11.3 Å². The van der Waals surface area contributed by atoms with Crippen LogP contribution in [-0.4, -0.2) is 29.5 Å². The van der Waals surface area contributed by atoms with Gasteiger partial charge in [-0.1, -0.05) is 48.5 Å². The van der Waals surface area contributed by atoms with Gasteiger partial charge < -0.3 is 15.4 Å². The average Bonchev–Trinajstić information content (AvgIpc) is 3.15. The molecule has 2 aromatic carbocycles. The highest BCUT2D eigenvalue weighted by atomic mass is 32.1. The molecule has 158 valence electrons. The van der Waals surface area contributed by atoms with Crippen molar-refractivity contribution < 1.29 is 9.53 Å². The molecule has 0 bridgehead atoms. The maximum absolute atomic E-state index is 12.3. The van der Waals surface area contributed by atoms with Gasteiger partial charge in [0.2, 0.25) is 5.91 Å². The minimum absolute atomic E-state index is 0.0338. The van der Waals surface area contributed by atoms with Gasteiger partial charge in [0.05, 0.1) is 12.5 Å². The van der Waals surface area contributed by atoms with Crippen molar-refractivity contribution in [2.24, 2.45) is 0 Å². The second-order valence-electron chi connectivity index (χ2n) is 7.07. The Labute approximate surface area is 185 Å². The third-order valence-corrected chi connectivity index (χ3v) is 6.05. The number of aromatic nitrogens is 2. The van der Waals surface area contributed by atoms with Gasteiger partial charge in [0.15, 0.2) is 0 Å². The molecular formula is C24H24N4O2S. The number of carbonyl (C=O) groups is 1. The lowest BCUT2D eigenvalue weighted by Gasteiger charge is -2.11. The van der Waals surface area contributed by atoms with E-state index in [1.54, 1.807) is 24.8 Å². The smallest absolute Gasteiger partial charge is 0.222 e. The number of hydrogen-bond donors (Lipinski definition) is 2. The highest BCUT2D eigenvalue weighted by Gasteiger charge is 2.16. The third-order valence-electron chi connectivity index (χ3n) is 5.04. The SMILES string of the molecule is COc1ccccc1CNC(=O)CCNc1ncnc2sc(C)c(-c3ccccc3)c12. The fourth-order valence-electron chi connectivity index (χ4n) is 3.56. The van der Waals surface area contributed by atoms with Crippen LogP contribution in [0.15, 0.2) is 60.9 Å². The predicted octanol–water partition coefficient (Wildman–Crippen LogP) is 4.79. The Hall–Kier alpha value is -3.45. The lowest BCUT2D eigenvalue weighted by Crippen LogP contribution is -2.25. The number of nitrogens with one attached hydrogen (secondary N) is 2. The number of hydrogen-bond acceptors (Lipinski definition) is 6. The lowest BCUT2D eigenvalue weighted by molar-refractivity contribution is -0.121. The number of amides is 1. The normalized spacial score (nSPS) is 10.8. The molecule has 0 radical (unpaired) electrons. The summed E-state index contributed by atoms with van der Waals surface area (Å²) in [4.78, 5) is 23.4. The molecule has 0 aliphatic heterocycles. The number of aryl methyl sites for hydroxylation is 1. The number of para-hydroxylation sites is 1. The summed E-state index contributed by atoms with van der Waals surface area (Å²) in [5.41, 5.74) is 3.23. The molecule has 2 aromatic heterocycles. The van der Waals surface area contributed by atoms with Crippen LogP contribution < -0.4 is 15.4 Å². The van der Waals surface area contributed by atoms with Crippen LogP contribution in [0.1, 0.15) is 16.9 Å². The largest absolute Gasteiger partial charge is 0.496 e. The predicted molar refractivity (Wildman–Crippen MR) is 126 cm³/mol. The Bertz CT molecular complexity index is 1190. The lowest BCUT2D eigenvalue weighted by atomic mass is 10.0. The summed E-state index contributed by atoms with van der Waals surface area (Å²) < 4.78 is 5.33. The Morgan fingerprint density at radius 2 is 1.84 bits per heavy atom. The van der Waals surface area contributed by atoms with Gasteiger partial charge in [-0.15, -0.1) is 11.3 Å². The van der Waals surface area contributed by atoms with Crippen LogP contribution >= 0.6 is 11.3 Å². The van der Waals surface area contributed by atoms with E-state index in [-0.39, 0.29) is 5.91 Å². The van der Waals surface area contributed by atoms with Gasteiger partial charge in [-0.25, -0.2) is 9.97 Å². The highest BCUT2D eigenvalue weighted by molar-refractivity contribution is 7.19. The fourth-order valence-corrected chi connectivity index (χ4v) is 4.57. The number of ether oxygens (including phenoxy) is 1.